The number of phenolic OH excluding ortho intramolecular Hbond substituents is 1. The van der Waals surface area contributed by atoms with E-state index in [4.69, 9.17) is 4.74 Å². The van der Waals surface area contributed by atoms with Gasteiger partial charge in [0.25, 0.3) is 0 Å². The Kier molecular flexibility index (Phi) is 2.98. The summed E-state index contributed by atoms with van der Waals surface area (Å²) in [5.74, 6) is 6.63. The lowest BCUT2D eigenvalue weighted by Crippen LogP contribution is -1.93. The van der Waals surface area contributed by atoms with Crippen LogP contribution in [0.4, 0.5) is 0 Å². The zero-order valence-corrected chi connectivity index (χ0v) is 9.03. The number of benzene rings is 2. The molecule has 0 amide bonds. The van der Waals surface area contributed by atoms with Crippen molar-refractivity contribution in [1.82, 2.24) is 0 Å². The van der Waals surface area contributed by atoms with Crippen molar-refractivity contribution in [2.75, 3.05) is 6.61 Å². The summed E-state index contributed by atoms with van der Waals surface area (Å²) in [5, 5.41) is 11.4. The third kappa shape index (κ3) is 2.26. The van der Waals surface area contributed by atoms with Crippen molar-refractivity contribution in [2.24, 2.45) is 0 Å². The Morgan fingerprint density at radius 3 is 2.75 bits per heavy atom. The largest absolute Gasteiger partial charge is 0.508 e. The summed E-state index contributed by atoms with van der Waals surface area (Å²) in [6.45, 7) is 2.17. The summed E-state index contributed by atoms with van der Waals surface area (Å²) in [5.41, 5.74) is 0. The van der Waals surface area contributed by atoms with E-state index in [0.717, 1.165) is 16.5 Å². The Labute approximate surface area is 94.5 Å². The number of aromatic hydroxyl groups is 1. The van der Waals surface area contributed by atoms with Crippen molar-refractivity contribution < 1.29 is 9.84 Å². The van der Waals surface area contributed by atoms with E-state index in [1.165, 1.54) is 0 Å². The topological polar surface area (TPSA) is 29.5 Å². The van der Waals surface area contributed by atoms with Gasteiger partial charge in [-0.05, 0) is 42.0 Å². The molecule has 0 aliphatic rings. The minimum Gasteiger partial charge on any atom is -0.508 e. The fraction of sp³-hybridized carbons (Fsp3) is 0.143. The molecule has 0 saturated carbocycles. The molecule has 0 aromatic heterocycles. The highest BCUT2D eigenvalue weighted by molar-refractivity contribution is 5.85. The zero-order chi connectivity index (χ0) is 11.4. The van der Waals surface area contributed by atoms with Gasteiger partial charge in [0.05, 0.1) is 0 Å². The van der Waals surface area contributed by atoms with E-state index < -0.39 is 0 Å². The van der Waals surface area contributed by atoms with Crippen molar-refractivity contribution in [3.63, 3.8) is 0 Å². The zero-order valence-electron chi connectivity index (χ0n) is 9.03. The van der Waals surface area contributed by atoms with Crippen molar-refractivity contribution in [2.45, 2.75) is 6.92 Å². The molecule has 2 aromatic carbocycles. The number of fused-ring (bicyclic) bond motifs is 1. The van der Waals surface area contributed by atoms with Crippen LogP contribution in [-0.2, 0) is 0 Å². The van der Waals surface area contributed by atoms with Crippen LogP contribution in [0.2, 0.25) is 0 Å². The average molecular weight is 212 g/mol. The first kappa shape index (κ1) is 10.4. The van der Waals surface area contributed by atoms with Gasteiger partial charge in [-0.15, -0.1) is 5.92 Å². The van der Waals surface area contributed by atoms with Crippen LogP contribution in [0.5, 0.6) is 11.5 Å². The van der Waals surface area contributed by atoms with E-state index in [0.29, 0.717) is 6.61 Å². The van der Waals surface area contributed by atoms with Gasteiger partial charge in [0, 0.05) is 0 Å². The quantitative estimate of drug-likeness (QED) is 0.775. The summed E-state index contributed by atoms with van der Waals surface area (Å²) in [6, 6.07) is 11.0. The van der Waals surface area contributed by atoms with Gasteiger partial charge in [0.1, 0.15) is 18.1 Å². The maximum Gasteiger partial charge on any atom is 0.149 e. The molecule has 80 valence electrons. The van der Waals surface area contributed by atoms with Crippen molar-refractivity contribution in [3.8, 4) is 23.3 Å². The summed E-state index contributed by atoms with van der Waals surface area (Å²) >= 11 is 0. The van der Waals surface area contributed by atoms with Crippen molar-refractivity contribution in [3.05, 3.63) is 36.4 Å². The molecule has 0 saturated heterocycles. The maximum atomic E-state index is 9.37. The van der Waals surface area contributed by atoms with Crippen LogP contribution < -0.4 is 4.74 Å². The van der Waals surface area contributed by atoms with Crippen LogP contribution >= 0.6 is 0 Å². The highest BCUT2D eigenvalue weighted by Gasteiger charge is 1.98. The highest BCUT2D eigenvalue weighted by Crippen LogP contribution is 2.24. The molecule has 16 heavy (non-hydrogen) atoms. The predicted molar refractivity (Wildman–Crippen MR) is 64.6 cm³/mol. The third-order valence-electron chi connectivity index (χ3n) is 2.28. The SMILES string of the molecule is CC#CCOc1ccc2ccc(O)cc2c1. The van der Waals surface area contributed by atoms with Gasteiger partial charge in [0.2, 0.25) is 0 Å². The van der Waals surface area contributed by atoms with Crippen LogP contribution in [0.3, 0.4) is 0 Å². The van der Waals surface area contributed by atoms with Crippen LogP contribution in [0.25, 0.3) is 10.8 Å². The molecule has 2 rings (SSSR count). The molecule has 0 fully saturated rings. The second-order valence-electron chi connectivity index (χ2n) is 3.41. The minimum atomic E-state index is 0.262. The molecule has 0 aliphatic carbocycles. The summed E-state index contributed by atoms with van der Waals surface area (Å²) in [4.78, 5) is 0. The van der Waals surface area contributed by atoms with Crippen LogP contribution in [0.15, 0.2) is 36.4 Å². The predicted octanol–water partition coefficient (Wildman–Crippen LogP) is 2.95. The number of ether oxygens (including phenoxy) is 1. The Morgan fingerprint density at radius 2 is 1.94 bits per heavy atom. The normalized spacial score (nSPS) is 9.56. The average Bonchev–Trinajstić information content (AvgIpc) is 2.29. The summed E-state index contributed by atoms with van der Waals surface area (Å²) in [7, 11) is 0. The minimum absolute atomic E-state index is 0.262. The molecule has 0 heterocycles. The van der Waals surface area contributed by atoms with Gasteiger partial charge in [-0.25, -0.2) is 0 Å². The van der Waals surface area contributed by atoms with E-state index in [9.17, 15) is 5.11 Å². The standard InChI is InChI=1S/C14H12O2/c1-2-3-8-16-14-7-5-11-4-6-13(15)9-12(11)10-14/h4-7,9-10,15H,8H2,1H3. The lowest BCUT2D eigenvalue weighted by atomic mass is 10.1. The number of hydrogen-bond acceptors (Lipinski definition) is 2. The fourth-order valence-corrected chi connectivity index (χ4v) is 1.49. The lowest BCUT2D eigenvalue weighted by Gasteiger charge is -2.04. The second-order valence-corrected chi connectivity index (χ2v) is 3.41. The smallest absolute Gasteiger partial charge is 0.149 e. The highest BCUT2D eigenvalue weighted by atomic mass is 16.5. The lowest BCUT2D eigenvalue weighted by molar-refractivity contribution is 0.371. The van der Waals surface area contributed by atoms with E-state index in [1.807, 2.05) is 24.3 Å². The third-order valence-corrected chi connectivity index (χ3v) is 2.28. The van der Waals surface area contributed by atoms with Gasteiger partial charge in [-0.2, -0.15) is 0 Å². The number of hydrogen-bond donors (Lipinski definition) is 1. The van der Waals surface area contributed by atoms with Crippen molar-refractivity contribution >= 4 is 10.8 Å². The molecule has 0 aliphatic heterocycles. The molecular weight excluding hydrogens is 200 g/mol. The van der Waals surface area contributed by atoms with Crippen LogP contribution in [0.1, 0.15) is 6.92 Å². The Hall–Kier alpha value is -2.14. The molecule has 2 aromatic rings. The Morgan fingerprint density at radius 1 is 1.12 bits per heavy atom. The molecule has 2 nitrogen and oxygen atoms in total. The summed E-state index contributed by atoms with van der Waals surface area (Å²) < 4.78 is 5.44. The Balaban J connectivity index is 2.30. The van der Waals surface area contributed by atoms with Gasteiger partial charge in [-0.3, -0.25) is 0 Å². The van der Waals surface area contributed by atoms with E-state index in [2.05, 4.69) is 11.8 Å². The molecule has 0 unspecified atom stereocenters. The van der Waals surface area contributed by atoms with Gasteiger partial charge in [-0.1, -0.05) is 18.1 Å². The van der Waals surface area contributed by atoms with Crippen LogP contribution in [-0.4, -0.2) is 11.7 Å². The van der Waals surface area contributed by atoms with E-state index in [1.54, 1.807) is 19.1 Å². The van der Waals surface area contributed by atoms with Gasteiger partial charge < -0.3 is 9.84 Å². The van der Waals surface area contributed by atoms with Gasteiger partial charge in [0.15, 0.2) is 0 Å². The fourth-order valence-electron chi connectivity index (χ4n) is 1.49. The molecule has 1 N–H and O–H groups in total. The van der Waals surface area contributed by atoms with E-state index >= 15 is 0 Å². The molecule has 0 atom stereocenters. The first-order valence-electron chi connectivity index (χ1n) is 5.05. The first-order chi connectivity index (χ1) is 7.79. The van der Waals surface area contributed by atoms with Crippen LogP contribution in [0, 0.1) is 11.8 Å². The molecule has 2 heteroatoms. The first-order valence-corrected chi connectivity index (χ1v) is 5.05. The van der Waals surface area contributed by atoms with Gasteiger partial charge >= 0.3 is 0 Å². The molecule has 0 bridgehead atoms. The van der Waals surface area contributed by atoms with Crippen molar-refractivity contribution in [1.29, 1.82) is 0 Å². The second kappa shape index (κ2) is 4.59. The van der Waals surface area contributed by atoms with E-state index in [-0.39, 0.29) is 5.75 Å². The molecule has 0 radical (unpaired) electrons. The Bertz CT molecular complexity index is 562. The molecule has 0 spiro atoms. The monoisotopic (exact) mass is 212 g/mol. The number of rotatable bonds is 2. The number of phenols is 1. The maximum absolute atomic E-state index is 9.37. The molecular formula is C14H12O2. The summed E-state index contributed by atoms with van der Waals surface area (Å²) in [6.07, 6.45) is 0.